The Morgan fingerprint density at radius 3 is 1.85 bits per heavy atom. The van der Waals surface area contributed by atoms with Crippen LogP contribution in [0.4, 0.5) is 0 Å². The normalized spacial score (nSPS) is 17.5. The molecule has 2 atom stereocenters. The summed E-state index contributed by atoms with van der Waals surface area (Å²) in [4.78, 5) is 0. The van der Waals surface area contributed by atoms with Crippen LogP contribution in [0.5, 0.6) is 0 Å². The second kappa shape index (κ2) is 4.99. The molecule has 0 saturated carbocycles. The van der Waals surface area contributed by atoms with Crippen LogP contribution in [0.15, 0.2) is 0 Å². The third-order valence-corrected chi connectivity index (χ3v) is 2.63. The molecule has 0 heterocycles. The van der Waals surface area contributed by atoms with Crippen LogP contribution < -0.4 is 0 Å². The van der Waals surface area contributed by atoms with Gasteiger partial charge in [-0.25, -0.2) is 0 Å². The third kappa shape index (κ3) is 7.06. The summed E-state index contributed by atoms with van der Waals surface area (Å²) in [6, 6.07) is 0. The van der Waals surface area contributed by atoms with Gasteiger partial charge in [-0.1, -0.05) is 41.5 Å². The largest absolute Gasteiger partial charge is 0.393 e. The van der Waals surface area contributed by atoms with Crippen LogP contribution in [-0.2, 0) is 0 Å². The summed E-state index contributed by atoms with van der Waals surface area (Å²) in [6.07, 6.45) is 1.72. The smallest absolute Gasteiger partial charge is 0.0547 e. The van der Waals surface area contributed by atoms with Gasteiger partial charge >= 0.3 is 0 Å². The SMILES string of the molecule is CC(C)[C@H](C)C[C@H](O)CC(C)(C)C. The van der Waals surface area contributed by atoms with E-state index < -0.39 is 0 Å². The Kier molecular flexibility index (Phi) is 4.98. The Hall–Kier alpha value is -0.0400. The van der Waals surface area contributed by atoms with Crippen molar-refractivity contribution < 1.29 is 5.11 Å². The van der Waals surface area contributed by atoms with Gasteiger partial charge in [-0.3, -0.25) is 0 Å². The third-order valence-electron chi connectivity index (χ3n) is 2.63. The van der Waals surface area contributed by atoms with Gasteiger partial charge in [0.25, 0.3) is 0 Å². The van der Waals surface area contributed by atoms with E-state index in [-0.39, 0.29) is 11.5 Å². The van der Waals surface area contributed by atoms with E-state index in [4.69, 9.17) is 0 Å². The summed E-state index contributed by atoms with van der Waals surface area (Å²) < 4.78 is 0. The van der Waals surface area contributed by atoms with Gasteiger partial charge in [0.05, 0.1) is 6.10 Å². The molecule has 0 aromatic carbocycles. The Labute approximate surface area is 83.5 Å². The lowest BCUT2D eigenvalue weighted by Crippen LogP contribution is -2.21. The summed E-state index contributed by atoms with van der Waals surface area (Å²) in [5.74, 6) is 1.30. The highest BCUT2D eigenvalue weighted by Crippen LogP contribution is 2.25. The predicted octanol–water partition coefficient (Wildman–Crippen LogP) is 3.47. The lowest BCUT2D eigenvalue weighted by atomic mass is 9.84. The average molecular weight is 186 g/mol. The highest BCUT2D eigenvalue weighted by molar-refractivity contribution is 4.71. The molecule has 13 heavy (non-hydrogen) atoms. The molecule has 0 radical (unpaired) electrons. The summed E-state index contributed by atoms with van der Waals surface area (Å²) in [6.45, 7) is 13.2. The fourth-order valence-corrected chi connectivity index (χ4v) is 1.49. The van der Waals surface area contributed by atoms with Crippen molar-refractivity contribution in [2.75, 3.05) is 0 Å². The first-order valence-electron chi connectivity index (χ1n) is 5.40. The number of hydrogen-bond donors (Lipinski definition) is 1. The van der Waals surface area contributed by atoms with Gasteiger partial charge < -0.3 is 5.11 Å². The van der Waals surface area contributed by atoms with E-state index >= 15 is 0 Å². The van der Waals surface area contributed by atoms with Crippen LogP contribution in [0.2, 0.25) is 0 Å². The highest BCUT2D eigenvalue weighted by atomic mass is 16.3. The van der Waals surface area contributed by atoms with Gasteiger partial charge in [-0.15, -0.1) is 0 Å². The predicted molar refractivity (Wildman–Crippen MR) is 58.7 cm³/mol. The molecule has 1 nitrogen and oxygen atoms in total. The standard InChI is InChI=1S/C12H26O/c1-9(2)10(3)7-11(13)8-12(4,5)6/h9-11,13H,7-8H2,1-6H3/t10-,11+/m1/s1. The van der Waals surface area contributed by atoms with Crippen molar-refractivity contribution in [2.24, 2.45) is 17.3 Å². The van der Waals surface area contributed by atoms with Gasteiger partial charge in [0.15, 0.2) is 0 Å². The molecule has 0 amide bonds. The maximum absolute atomic E-state index is 9.80. The molecular weight excluding hydrogens is 160 g/mol. The molecule has 0 aliphatic rings. The number of hydrogen-bond acceptors (Lipinski definition) is 1. The van der Waals surface area contributed by atoms with Crippen molar-refractivity contribution in [1.29, 1.82) is 0 Å². The summed E-state index contributed by atoms with van der Waals surface area (Å²) >= 11 is 0. The number of aliphatic hydroxyl groups excluding tert-OH is 1. The lowest BCUT2D eigenvalue weighted by molar-refractivity contribution is 0.0908. The lowest BCUT2D eigenvalue weighted by Gasteiger charge is -2.25. The van der Waals surface area contributed by atoms with Gasteiger partial charge in [-0.05, 0) is 30.1 Å². The van der Waals surface area contributed by atoms with Crippen LogP contribution in [0.1, 0.15) is 54.4 Å². The van der Waals surface area contributed by atoms with E-state index in [1.165, 1.54) is 0 Å². The minimum Gasteiger partial charge on any atom is -0.393 e. The summed E-state index contributed by atoms with van der Waals surface area (Å²) in [5, 5.41) is 9.80. The van der Waals surface area contributed by atoms with Crippen molar-refractivity contribution in [1.82, 2.24) is 0 Å². The Morgan fingerprint density at radius 1 is 1.08 bits per heavy atom. The van der Waals surface area contributed by atoms with E-state index in [9.17, 15) is 5.11 Å². The summed E-state index contributed by atoms with van der Waals surface area (Å²) in [7, 11) is 0. The zero-order chi connectivity index (χ0) is 10.6. The zero-order valence-electron chi connectivity index (χ0n) is 10.1. The van der Waals surface area contributed by atoms with E-state index in [0.29, 0.717) is 11.8 Å². The van der Waals surface area contributed by atoms with Gasteiger partial charge in [-0.2, -0.15) is 0 Å². The molecule has 0 aromatic rings. The van der Waals surface area contributed by atoms with E-state index in [1.807, 2.05) is 0 Å². The molecule has 0 bridgehead atoms. The minimum absolute atomic E-state index is 0.127. The maximum atomic E-state index is 9.80. The first-order chi connectivity index (χ1) is 5.72. The van der Waals surface area contributed by atoms with Crippen LogP contribution in [-0.4, -0.2) is 11.2 Å². The Balaban J connectivity index is 3.81. The number of aliphatic hydroxyl groups is 1. The molecule has 0 aromatic heterocycles. The van der Waals surface area contributed by atoms with Crippen molar-refractivity contribution in [3.05, 3.63) is 0 Å². The topological polar surface area (TPSA) is 20.2 Å². The zero-order valence-corrected chi connectivity index (χ0v) is 10.1. The monoisotopic (exact) mass is 186 g/mol. The molecule has 0 aliphatic heterocycles. The minimum atomic E-state index is -0.127. The van der Waals surface area contributed by atoms with Crippen LogP contribution >= 0.6 is 0 Å². The second-order valence-electron chi connectivity index (χ2n) is 5.88. The molecule has 0 rings (SSSR count). The molecular formula is C12H26O. The van der Waals surface area contributed by atoms with Crippen molar-refractivity contribution in [3.8, 4) is 0 Å². The van der Waals surface area contributed by atoms with E-state index in [2.05, 4.69) is 41.5 Å². The first-order valence-corrected chi connectivity index (χ1v) is 5.40. The molecule has 1 N–H and O–H groups in total. The van der Waals surface area contributed by atoms with Crippen molar-refractivity contribution >= 4 is 0 Å². The van der Waals surface area contributed by atoms with E-state index in [1.54, 1.807) is 0 Å². The van der Waals surface area contributed by atoms with Gasteiger partial charge in [0.1, 0.15) is 0 Å². The fourth-order valence-electron chi connectivity index (χ4n) is 1.49. The van der Waals surface area contributed by atoms with Crippen molar-refractivity contribution in [2.45, 2.75) is 60.5 Å². The van der Waals surface area contributed by atoms with Gasteiger partial charge in [0, 0.05) is 0 Å². The molecule has 0 unspecified atom stereocenters. The van der Waals surface area contributed by atoms with Crippen molar-refractivity contribution in [3.63, 3.8) is 0 Å². The van der Waals surface area contributed by atoms with Crippen LogP contribution in [0.3, 0.4) is 0 Å². The van der Waals surface area contributed by atoms with Gasteiger partial charge in [0.2, 0.25) is 0 Å². The quantitative estimate of drug-likeness (QED) is 0.713. The molecule has 0 fully saturated rings. The fraction of sp³-hybridized carbons (Fsp3) is 1.00. The average Bonchev–Trinajstić information content (AvgIpc) is 1.81. The molecule has 80 valence electrons. The Morgan fingerprint density at radius 2 is 1.54 bits per heavy atom. The first kappa shape index (κ1) is 13.0. The van der Waals surface area contributed by atoms with E-state index in [0.717, 1.165) is 12.8 Å². The maximum Gasteiger partial charge on any atom is 0.0547 e. The highest BCUT2D eigenvalue weighted by Gasteiger charge is 2.19. The second-order valence-corrected chi connectivity index (χ2v) is 5.88. The van der Waals surface area contributed by atoms with Crippen LogP contribution in [0, 0.1) is 17.3 Å². The molecule has 1 heteroatoms. The molecule has 0 saturated heterocycles. The molecule has 0 aliphatic carbocycles. The number of rotatable bonds is 4. The summed E-state index contributed by atoms with van der Waals surface area (Å²) in [5.41, 5.74) is 0.246. The van der Waals surface area contributed by atoms with Crippen LogP contribution in [0.25, 0.3) is 0 Å². The molecule has 0 spiro atoms. The Bertz CT molecular complexity index is 133.